The van der Waals surface area contributed by atoms with E-state index in [1.807, 2.05) is 62.7 Å². The summed E-state index contributed by atoms with van der Waals surface area (Å²) in [5.41, 5.74) is 3.33. The van der Waals surface area contributed by atoms with Crippen LogP contribution in [0.2, 0.25) is 0 Å². The summed E-state index contributed by atoms with van der Waals surface area (Å²) in [6.07, 6.45) is 4.89. The van der Waals surface area contributed by atoms with Crippen LogP contribution in [-0.4, -0.2) is 35.6 Å². The number of benzene rings is 1. The molecule has 0 spiro atoms. The molecule has 2 N–H and O–H groups in total. The number of hydrogen-bond acceptors (Lipinski definition) is 7. The lowest BCUT2D eigenvalue weighted by molar-refractivity contribution is 0.0910. The molecule has 33 heavy (non-hydrogen) atoms. The van der Waals surface area contributed by atoms with Gasteiger partial charge in [0, 0.05) is 30.7 Å². The molecule has 0 bridgehead atoms. The summed E-state index contributed by atoms with van der Waals surface area (Å²) < 4.78 is 1.88. The number of rotatable bonds is 7. The van der Waals surface area contributed by atoms with Crippen molar-refractivity contribution in [2.24, 2.45) is 7.05 Å². The van der Waals surface area contributed by atoms with Gasteiger partial charge < -0.3 is 15.2 Å². The number of hydrogen-bond donors (Lipinski definition) is 2. The lowest BCUT2D eigenvalue weighted by atomic mass is 9.95. The van der Waals surface area contributed by atoms with Gasteiger partial charge in [0.2, 0.25) is 0 Å². The Morgan fingerprint density at radius 2 is 1.91 bits per heavy atom. The standard InChI is InChI=1S/C24H26N8O/c1-16-7-6-11-26-21(16)24(2,3)29-23(33)17-8-5-9-18(13-17)27-14-20-30-31-22(32(20)4)19-10-12-25-15-28-19/h5-13,15,27H,14H2,1-4H3,(H,29,33). The summed E-state index contributed by atoms with van der Waals surface area (Å²) in [5.74, 6) is 1.23. The van der Waals surface area contributed by atoms with E-state index >= 15 is 0 Å². The van der Waals surface area contributed by atoms with Crippen molar-refractivity contribution < 1.29 is 4.79 Å². The van der Waals surface area contributed by atoms with E-state index in [1.165, 1.54) is 6.33 Å². The molecule has 0 aliphatic rings. The number of carbonyl (C=O) groups is 1. The number of pyridine rings is 1. The molecular formula is C24H26N8O. The second-order valence-electron chi connectivity index (χ2n) is 8.28. The number of nitrogens with one attached hydrogen (secondary N) is 2. The van der Waals surface area contributed by atoms with Crippen LogP contribution in [0.15, 0.2) is 61.2 Å². The third-order valence-corrected chi connectivity index (χ3v) is 5.38. The molecule has 1 amide bonds. The van der Waals surface area contributed by atoms with Gasteiger partial charge >= 0.3 is 0 Å². The fourth-order valence-electron chi connectivity index (χ4n) is 3.67. The Kier molecular flexibility index (Phi) is 6.12. The molecule has 3 aromatic heterocycles. The van der Waals surface area contributed by atoms with Crippen molar-refractivity contribution >= 4 is 11.6 Å². The lowest BCUT2D eigenvalue weighted by Gasteiger charge is -2.27. The molecule has 0 atom stereocenters. The fourth-order valence-corrected chi connectivity index (χ4v) is 3.67. The molecule has 0 saturated carbocycles. The van der Waals surface area contributed by atoms with Gasteiger partial charge in [0.15, 0.2) is 11.6 Å². The van der Waals surface area contributed by atoms with E-state index in [2.05, 4.69) is 35.8 Å². The predicted molar refractivity (Wildman–Crippen MR) is 125 cm³/mol. The number of amides is 1. The summed E-state index contributed by atoms with van der Waals surface area (Å²) in [6, 6.07) is 13.0. The molecule has 1 aromatic carbocycles. The molecular weight excluding hydrogens is 416 g/mol. The Labute approximate surface area is 192 Å². The van der Waals surface area contributed by atoms with Crippen molar-refractivity contribution in [1.82, 2.24) is 35.0 Å². The summed E-state index contributed by atoms with van der Waals surface area (Å²) in [7, 11) is 1.89. The number of carbonyl (C=O) groups excluding carboxylic acids is 1. The first-order valence-electron chi connectivity index (χ1n) is 10.6. The highest BCUT2D eigenvalue weighted by molar-refractivity contribution is 5.95. The maximum atomic E-state index is 13.0. The molecule has 4 aromatic rings. The van der Waals surface area contributed by atoms with E-state index in [4.69, 9.17) is 0 Å². The number of nitrogens with zero attached hydrogens (tertiary/aromatic N) is 6. The number of anilines is 1. The second kappa shape index (κ2) is 9.15. The van der Waals surface area contributed by atoms with Crippen LogP contribution < -0.4 is 10.6 Å². The minimum atomic E-state index is -0.609. The first-order chi connectivity index (χ1) is 15.8. The van der Waals surface area contributed by atoms with Crippen LogP contribution in [0.3, 0.4) is 0 Å². The topological polar surface area (TPSA) is 111 Å². The Hall–Kier alpha value is -4.14. The van der Waals surface area contributed by atoms with E-state index in [-0.39, 0.29) is 5.91 Å². The monoisotopic (exact) mass is 442 g/mol. The second-order valence-corrected chi connectivity index (χ2v) is 8.28. The highest BCUT2D eigenvalue weighted by Gasteiger charge is 2.26. The Bertz CT molecular complexity index is 1270. The van der Waals surface area contributed by atoms with Crippen molar-refractivity contribution in [2.45, 2.75) is 32.9 Å². The Morgan fingerprint density at radius 3 is 2.67 bits per heavy atom. The van der Waals surface area contributed by atoms with Crippen molar-refractivity contribution in [2.75, 3.05) is 5.32 Å². The fraction of sp³-hybridized carbons (Fsp3) is 0.250. The SMILES string of the molecule is Cc1cccnc1C(C)(C)NC(=O)c1cccc(NCc2nnc(-c3ccncn3)n2C)c1. The average molecular weight is 443 g/mol. The van der Waals surface area contributed by atoms with Crippen LogP contribution in [0, 0.1) is 6.92 Å². The van der Waals surface area contributed by atoms with Crippen LogP contribution in [0.1, 0.15) is 41.3 Å². The molecule has 9 heteroatoms. The zero-order valence-corrected chi connectivity index (χ0v) is 19.1. The lowest BCUT2D eigenvalue weighted by Crippen LogP contribution is -2.42. The molecule has 0 radical (unpaired) electrons. The van der Waals surface area contributed by atoms with Gasteiger partial charge in [0.1, 0.15) is 12.0 Å². The molecule has 0 fully saturated rings. The molecule has 0 saturated heterocycles. The first kappa shape index (κ1) is 22.1. The van der Waals surface area contributed by atoms with Gasteiger partial charge in [0.25, 0.3) is 5.91 Å². The average Bonchev–Trinajstić information content (AvgIpc) is 3.18. The molecule has 4 rings (SSSR count). The maximum Gasteiger partial charge on any atom is 0.252 e. The van der Waals surface area contributed by atoms with Gasteiger partial charge in [-0.15, -0.1) is 10.2 Å². The predicted octanol–water partition coefficient (Wildman–Crippen LogP) is 3.25. The normalized spacial score (nSPS) is 11.3. The van der Waals surface area contributed by atoms with E-state index < -0.39 is 5.54 Å². The van der Waals surface area contributed by atoms with Crippen molar-refractivity contribution in [3.63, 3.8) is 0 Å². The summed E-state index contributed by atoms with van der Waals surface area (Å²) >= 11 is 0. The summed E-state index contributed by atoms with van der Waals surface area (Å²) in [6.45, 7) is 6.33. The van der Waals surface area contributed by atoms with E-state index in [1.54, 1.807) is 24.5 Å². The molecule has 9 nitrogen and oxygen atoms in total. The van der Waals surface area contributed by atoms with Crippen LogP contribution >= 0.6 is 0 Å². The molecule has 0 aliphatic heterocycles. The Morgan fingerprint density at radius 1 is 1.06 bits per heavy atom. The largest absolute Gasteiger partial charge is 0.378 e. The van der Waals surface area contributed by atoms with Gasteiger partial charge in [0.05, 0.1) is 17.8 Å². The zero-order valence-electron chi connectivity index (χ0n) is 19.1. The van der Waals surface area contributed by atoms with E-state index in [0.29, 0.717) is 23.6 Å². The van der Waals surface area contributed by atoms with E-state index in [0.717, 1.165) is 22.8 Å². The highest BCUT2D eigenvalue weighted by Crippen LogP contribution is 2.22. The van der Waals surface area contributed by atoms with Crippen molar-refractivity contribution in [1.29, 1.82) is 0 Å². The van der Waals surface area contributed by atoms with Gasteiger partial charge in [-0.25, -0.2) is 9.97 Å². The van der Waals surface area contributed by atoms with Crippen LogP contribution in [-0.2, 0) is 19.1 Å². The van der Waals surface area contributed by atoms with Crippen molar-refractivity contribution in [3.05, 3.63) is 83.8 Å². The van der Waals surface area contributed by atoms with Crippen LogP contribution in [0.5, 0.6) is 0 Å². The molecule has 0 aliphatic carbocycles. The number of aryl methyl sites for hydroxylation is 1. The van der Waals surface area contributed by atoms with Crippen LogP contribution in [0.4, 0.5) is 5.69 Å². The first-order valence-corrected chi connectivity index (χ1v) is 10.6. The maximum absolute atomic E-state index is 13.0. The van der Waals surface area contributed by atoms with Crippen LogP contribution in [0.25, 0.3) is 11.5 Å². The molecule has 3 heterocycles. The van der Waals surface area contributed by atoms with Crippen molar-refractivity contribution in [3.8, 4) is 11.5 Å². The minimum absolute atomic E-state index is 0.168. The summed E-state index contributed by atoms with van der Waals surface area (Å²) in [4.78, 5) is 25.6. The smallest absolute Gasteiger partial charge is 0.252 e. The quantitative estimate of drug-likeness (QED) is 0.452. The molecule has 168 valence electrons. The third kappa shape index (κ3) is 4.87. The van der Waals surface area contributed by atoms with E-state index in [9.17, 15) is 4.79 Å². The zero-order chi connectivity index (χ0) is 23.4. The van der Waals surface area contributed by atoms with Gasteiger partial charge in [-0.2, -0.15) is 0 Å². The minimum Gasteiger partial charge on any atom is -0.378 e. The van der Waals surface area contributed by atoms with Gasteiger partial charge in [-0.3, -0.25) is 9.78 Å². The highest BCUT2D eigenvalue weighted by atomic mass is 16.1. The van der Waals surface area contributed by atoms with Gasteiger partial charge in [-0.05, 0) is 56.7 Å². The Balaban J connectivity index is 1.45. The third-order valence-electron chi connectivity index (χ3n) is 5.38. The summed E-state index contributed by atoms with van der Waals surface area (Å²) in [5, 5.41) is 14.9. The number of aromatic nitrogens is 6. The molecule has 0 unspecified atom stereocenters. The van der Waals surface area contributed by atoms with Gasteiger partial charge in [-0.1, -0.05) is 12.1 Å².